The number of aliphatic hydroxyl groups is 6. The minimum Gasteiger partial charge on any atom is -0.495 e. The molecule has 17 rings (SSSR count). The summed E-state index contributed by atoms with van der Waals surface area (Å²) in [7, 11) is 4.72. The number of nitrogens with two attached hydrogens (primary N) is 1. The summed E-state index contributed by atoms with van der Waals surface area (Å²) >= 11 is 17.1. The topological polar surface area (TPSA) is 276 Å². The number of benzene rings is 6. The lowest BCUT2D eigenvalue weighted by Gasteiger charge is -2.42. The molecule has 5 fully saturated rings. The second kappa shape index (κ2) is 35.8. The molecule has 0 unspecified atom stereocenters. The number of rotatable bonds is 21. The summed E-state index contributed by atoms with van der Waals surface area (Å²) in [4.78, 5) is 17.6. The third-order valence-electron chi connectivity index (χ3n) is 24.4. The summed E-state index contributed by atoms with van der Waals surface area (Å²) in [5, 5.41) is 73.7. The molecule has 0 radical (unpaired) electrons. The van der Waals surface area contributed by atoms with Crippen LogP contribution in [0.25, 0.3) is 0 Å². The van der Waals surface area contributed by atoms with Crippen LogP contribution in [-0.4, -0.2) is 193 Å². The Kier molecular flexibility index (Phi) is 26.3. The van der Waals surface area contributed by atoms with Gasteiger partial charge in [-0.3, -0.25) is 24.8 Å². The van der Waals surface area contributed by atoms with Crippen molar-refractivity contribution in [3.63, 3.8) is 0 Å². The van der Waals surface area contributed by atoms with Crippen molar-refractivity contribution in [1.82, 2.24) is 24.8 Å². The Morgan fingerprint density at radius 2 is 0.699 bits per heavy atom. The summed E-state index contributed by atoms with van der Waals surface area (Å²) < 4.78 is 56.8. The number of nitrogens with zero attached hydrogens (tertiary/aromatic N) is 5. The number of halogens is 5. The molecule has 3 saturated carbocycles. The van der Waals surface area contributed by atoms with Gasteiger partial charge in [0.25, 0.3) is 0 Å². The molecule has 0 spiro atoms. The van der Waals surface area contributed by atoms with Crippen molar-refractivity contribution >= 4 is 79.6 Å². The second-order valence-corrected chi connectivity index (χ2v) is 33.9. The van der Waals surface area contributed by atoms with Gasteiger partial charge in [0.15, 0.2) is 16.8 Å². The van der Waals surface area contributed by atoms with Crippen LogP contribution in [0.5, 0.6) is 34.5 Å². The lowest BCUT2D eigenvalue weighted by atomic mass is 9.70. The average Bonchev–Trinajstić information content (AvgIpc) is 1.48. The van der Waals surface area contributed by atoms with Crippen LogP contribution in [0.3, 0.4) is 0 Å². The molecule has 5 aliphatic heterocycles. The highest BCUT2D eigenvalue weighted by Gasteiger charge is 2.79. The van der Waals surface area contributed by atoms with Gasteiger partial charge in [0.05, 0.1) is 115 Å². The minimum absolute atomic E-state index is 0.0960. The molecule has 113 heavy (non-hydrogen) atoms. The van der Waals surface area contributed by atoms with E-state index in [1.807, 2.05) is 140 Å². The van der Waals surface area contributed by atoms with Crippen LogP contribution in [0.4, 0.5) is 0 Å². The summed E-state index contributed by atoms with van der Waals surface area (Å²) in [6, 6.07) is 53.7. The Morgan fingerprint density at radius 1 is 0.416 bits per heavy atom. The first-order valence-corrected chi connectivity index (χ1v) is 42.7. The third kappa shape index (κ3) is 14.3. The quantitative estimate of drug-likeness (QED) is 0.0260. The molecule has 6 aromatic carbocycles. The van der Waals surface area contributed by atoms with E-state index in [1.165, 1.54) is 0 Å². The maximum Gasteiger partial charge on any atom is 0.174 e. The van der Waals surface area contributed by atoms with Crippen molar-refractivity contribution < 1.29 is 73.3 Å². The van der Waals surface area contributed by atoms with Crippen LogP contribution < -0.4 is 34.2 Å². The predicted molar refractivity (Wildman–Crippen MR) is 445 cm³/mol. The fourth-order valence-corrected chi connectivity index (χ4v) is 21.3. The summed E-state index contributed by atoms with van der Waals surface area (Å²) in [6.45, 7) is 8.29. The number of hydrogen-bond donors (Lipinski definition) is 7. The molecular formula is C87H95Br5N6O15. The van der Waals surface area contributed by atoms with Crippen LogP contribution >= 0.6 is 79.6 Å². The number of ether oxygens (including phenoxy) is 9. The number of methoxy groups -OCH3 is 3. The summed E-state index contributed by atoms with van der Waals surface area (Å²) in [6.07, 6.45) is 9.78. The number of hydrogen-bond acceptors (Lipinski definition) is 21. The van der Waals surface area contributed by atoms with Gasteiger partial charge in [-0.25, -0.2) is 0 Å². The van der Waals surface area contributed by atoms with Gasteiger partial charge in [-0.05, 0) is 76.3 Å². The number of aliphatic hydroxyl groups excluding tert-OH is 3. The highest BCUT2D eigenvalue weighted by Crippen LogP contribution is 2.75. The Balaban J connectivity index is 0.000000135. The number of aromatic nitrogens is 3. The van der Waals surface area contributed by atoms with E-state index < -0.39 is 39.5 Å². The molecular weight excluding hydrogens is 1770 g/mol. The predicted octanol–water partition coefficient (Wildman–Crippen LogP) is 12.5. The van der Waals surface area contributed by atoms with E-state index in [9.17, 15) is 30.6 Å². The van der Waals surface area contributed by atoms with Gasteiger partial charge in [-0.15, -0.1) is 0 Å². The van der Waals surface area contributed by atoms with E-state index in [0.717, 1.165) is 96.9 Å². The molecule has 8 heterocycles. The molecule has 3 aliphatic carbocycles. The SMILES string of the molecule is BrCCOCCBr.COc1cncc2c1[C@]1(O)[C@@H](CN)[C@H](CO)[C@@H](c3ccccc3)[C@]1(c1ccc(Br)cc1)O2.COc1cncc2c1[C@]1(O)[C@@H](CN3CCOCC3)[C@H](CO)[C@@H](c3ccccc3)[C@]1(c1ccc(Br)cc1)O2.COc1cncc2c1[C@]1(O)[C@@H](CN3CCOCC3)[C@H](CO)[C@@H](c3ccccc3)[C@]1(c1ccc(Br)cc1)O2. The lowest BCUT2D eigenvalue weighted by molar-refractivity contribution is -0.135. The zero-order valence-corrected chi connectivity index (χ0v) is 71.0. The third-order valence-corrected chi connectivity index (χ3v) is 26.7. The Hall–Kier alpha value is -6.51. The molecule has 15 atom stereocenters. The molecule has 8 aliphatic rings. The Bertz CT molecular complexity index is 4450. The number of alkyl halides is 2. The second-order valence-electron chi connectivity index (χ2n) is 29.6. The van der Waals surface area contributed by atoms with Crippen LogP contribution in [0.1, 0.15) is 67.8 Å². The van der Waals surface area contributed by atoms with Crippen molar-refractivity contribution in [2.45, 2.75) is 51.4 Å². The molecule has 9 aromatic rings. The number of morpholine rings is 2. The maximum atomic E-state index is 13.3. The van der Waals surface area contributed by atoms with Gasteiger partial charge < -0.3 is 79.0 Å². The first-order valence-electron chi connectivity index (χ1n) is 38.1. The average molecular weight is 1860 g/mol. The Labute approximate surface area is 701 Å². The monoisotopic (exact) mass is 1860 g/mol. The fraction of sp³-hybridized carbons (Fsp3) is 0.414. The highest BCUT2D eigenvalue weighted by atomic mass is 79.9. The van der Waals surface area contributed by atoms with Gasteiger partial charge in [0, 0.05) is 136 Å². The minimum atomic E-state index is -1.55. The zero-order valence-electron chi connectivity index (χ0n) is 63.0. The standard InChI is InChI=1S/2C29H31BrN2O5.C25H25BrN2O4.C4H8Br2O/c2*1-35-24-15-31-16-25-27(24)28(34)23(17-32-11-13-36-14-12-32)22(18-33)26(19-5-3-2-4-6-19)29(28,37-25)20-7-9-21(30)10-8-20;1-31-20-12-28-13-21-23(20)24(30)19(11-27)18(14-29)22(15-5-3-2-4-6-15)25(24,32-21)16-7-9-17(26)10-8-16;5-1-3-7-4-2-6/h2*2-10,15-16,22-23,26,33-34H,11-14,17-18H2,1H3;2-10,12-13,18-19,22,29-30H,11,14,27H2,1H3;1-4H2/t2*22-,23-,26+,28+,29-;18-,19-,22+,24+,25-;/m000./s1. The largest absolute Gasteiger partial charge is 0.495 e. The van der Waals surface area contributed by atoms with Gasteiger partial charge in [-0.2, -0.15) is 0 Å². The number of pyridine rings is 3. The fourth-order valence-electron chi connectivity index (χ4n) is 20.0. The molecule has 0 bridgehead atoms. The van der Waals surface area contributed by atoms with Crippen LogP contribution in [-0.2, 0) is 47.8 Å². The van der Waals surface area contributed by atoms with Crippen molar-refractivity contribution in [1.29, 1.82) is 0 Å². The van der Waals surface area contributed by atoms with E-state index in [0.29, 0.717) is 90.7 Å². The summed E-state index contributed by atoms with van der Waals surface area (Å²) in [5.41, 5.74) is 5.28. The lowest BCUT2D eigenvalue weighted by Crippen LogP contribution is -2.53. The van der Waals surface area contributed by atoms with Crippen molar-refractivity contribution in [2.24, 2.45) is 41.2 Å². The molecule has 0 amide bonds. The molecule has 2 saturated heterocycles. The maximum absolute atomic E-state index is 13.3. The zero-order chi connectivity index (χ0) is 79.3. The van der Waals surface area contributed by atoms with E-state index in [1.54, 1.807) is 58.5 Å². The number of fused-ring (bicyclic) bond motifs is 9. The van der Waals surface area contributed by atoms with Crippen LogP contribution in [0.15, 0.2) is 214 Å². The van der Waals surface area contributed by atoms with Crippen molar-refractivity contribution in [3.05, 3.63) is 264 Å². The van der Waals surface area contributed by atoms with Crippen LogP contribution in [0.2, 0.25) is 0 Å². The van der Waals surface area contributed by atoms with Gasteiger partial charge in [-0.1, -0.05) is 207 Å². The molecule has 3 aromatic heterocycles. The van der Waals surface area contributed by atoms with E-state index in [4.69, 9.17) is 48.4 Å². The normalized spacial score (nSPS) is 29.5. The highest BCUT2D eigenvalue weighted by molar-refractivity contribution is 9.11. The van der Waals surface area contributed by atoms with E-state index in [2.05, 4.69) is 129 Å². The molecule has 21 nitrogen and oxygen atoms in total. The first kappa shape index (κ1) is 83.0. The van der Waals surface area contributed by atoms with E-state index >= 15 is 0 Å². The van der Waals surface area contributed by atoms with Crippen molar-refractivity contribution in [3.8, 4) is 34.5 Å². The molecule has 8 N–H and O–H groups in total. The molecule has 598 valence electrons. The molecule has 26 heteroatoms. The summed E-state index contributed by atoms with van der Waals surface area (Å²) in [5.74, 6) is -0.291. The Morgan fingerprint density at radius 3 is 0.965 bits per heavy atom. The van der Waals surface area contributed by atoms with Gasteiger partial charge in [0.1, 0.15) is 51.3 Å². The van der Waals surface area contributed by atoms with Crippen LogP contribution in [0, 0.1) is 35.5 Å². The van der Waals surface area contributed by atoms with E-state index in [-0.39, 0.29) is 73.7 Å². The smallest absolute Gasteiger partial charge is 0.174 e. The van der Waals surface area contributed by atoms with Gasteiger partial charge >= 0.3 is 0 Å². The first-order chi connectivity index (χ1) is 55.0. The van der Waals surface area contributed by atoms with Crippen molar-refractivity contribution in [2.75, 3.05) is 137 Å². The van der Waals surface area contributed by atoms with Gasteiger partial charge in [0.2, 0.25) is 0 Å².